The van der Waals surface area contributed by atoms with Gasteiger partial charge in [-0.2, -0.15) is 13.2 Å². The molecule has 3 aromatic rings. The summed E-state index contributed by atoms with van der Waals surface area (Å²) in [6.07, 6.45) is -4.62. The van der Waals surface area contributed by atoms with E-state index >= 15 is 0 Å². The normalized spacial score (nSPS) is 10.9. The summed E-state index contributed by atoms with van der Waals surface area (Å²) in [4.78, 5) is 45.6. The van der Waals surface area contributed by atoms with E-state index in [0.717, 1.165) is 30.3 Å². The first kappa shape index (κ1) is 23.8. The van der Waals surface area contributed by atoms with E-state index in [1.54, 1.807) is 0 Å². The number of rotatable bonds is 6. The lowest BCUT2D eigenvalue weighted by molar-refractivity contribution is -0.394. The van der Waals surface area contributed by atoms with Gasteiger partial charge in [0.2, 0.25) is 0 Å². The molecule has 3 aromatic carbocycles. The Hall–Kier alpha value is -4.81. The van der Waals surface area contributed by atoms with Crippen LogP contribution in [-0.2, 0) is 6.18 Å². The molecule has 0 bridgehead atoms. The predicted molar refractivity (Wildman–Crippen MR) is 114 cm³/mol. The number of hydrogen-bond acceptors (Lipinski definition) is 6. The van der Waals surface area contributed by atoms with Crippen molar-refractivity contribution in [3.05, 3.63) is 104 Å². The maximum absolute atomic E-state index is 12.9. The van der Waals surface area contributed by atoms with E-state index < -0.39 is 50.3 Å². The van der Waals surface area contributed by atoms with Gasteiger partial charge in [0.05, 0.1) is 38.3 Å². The smallest absolute Gasteiger partial charge is 0.322 e. The van der Waals surface area contributed by atoms with Gasteiger partial charge in [0.15, 0.2) is 0 Å². The zero-order valence-electron chi connectivity index (χ0n) is 16.8. The van der Waals surface area contributed by atoms with Crippen LogP contribution in [0.4, 0.5) is 35.9 Å². The largest absolute Gasteiger partial charge is 0.416 e. The number of anilines is 2. The monoisotopic (exact) mass is 474 g/mol. The number of nitrogens with one attached hydrogen (secondary N) is 2. The predicted octanol–water partition coefficient (Wildman–Crippen LogP) is 5.03. The van der Waals surface area contributed by atoms with E-state index in [0.29, 0.717) is 6.07 Å². The van der Waals surface area contributed by atoms with E-state index in [2.05, 4.69) is 10.6 Å². The molecule has 0 aliphatic carbocycles. The molecule has 13 heteroatoms. The molecule has 0 aliphatic heterocycles. The Bertz CT molecular complexity index is 1280. The summed E-state index contributed by atoms with van der Waals surface area (Å²) in [5.41, 5.74) is -3.10. The molecule has 174 valence electrons. The molecule has 10 nitrogen and oxygen atoms in total. The second-order valence-corrected chi connectivity index (χ2v) is 6.78. The fourth-order valence-corrected chi connectivity index (χ4v) is 2.89. The van der Waals surface area contributed by atoms with Gasteiger partial charge in [0, 0.05) is 17.8 Å². The zero-order valence-corrected chi connectivity index (χ0v) is 16.8. The molecule has 0 aromatic heterocycles. The Kier molecular flexibility index (Phi) is 6.56. The fourth-order valence-electron chi connectivity index (χ4n) is 2.89. The van der Waals surface area contributed by atoms with Gasteiger partial charge in [-0.25, -0.2) is 0 Å². The number of carbonyl (C=O) groups excluding carboxylic acids is 2. The summed E-state index contributed by atoms with van der Waals surface area (Å²) in [7, 11) is 0. The first-order valence-corrected chi connectivity index (χ1v) is 9.28. The van der Waals surface area contributed by atoms with Crippen LogP contribution in [0, 0.1) is 20.2 Å². The van der Waals surface area contributed by atoms with Crippen LogP contribution >= 0.6 is 0 Å². The molecule has 0 unspecified atom stereocenters. The Balaban J connectivity index is 1.88. The van der Waals surface area contributed by atoms with Crippen LogP contribution < -0.4 is 10.6 Å². The molecule has 3 rings (SSSR count). The van der Waals surface area contributed by atoms with Crippen molar-refractivity contribution >= 4 is 34.6 Å². The highest BCUT2D eigenvalue weighted by atomic mass is 19.4. The maximum atomic E-state index is 12.9. The summed E-state index contributed by atoms with van der Waals surface area (Å²) in [5.74, 6) is -1.83. The lowest BCUT2D eigenvalue weighted by atomic mass is 10.1. The molecule has 0 radical (unpaired) electrons. The van der Waals surface area contributed by atoms with Crippen molar-refractivity contribution in [1.29, 1.82) is 0 Å². The number of benzene rings is 3. The summed E-state index contributed by atoms with van der Waals surface area (Å²) >= 11 is 0. The SMILES string of the molecule is O=C(Nc1ccccc1C(=O)Nc1cccc(C(F)(F)F)c1)c1cc([N+](=O)[O-])cc([N+](=O)[O-])c1. The first-order chi connectivity index (χ1) is 16.0. The highest BCUT2D eigenvalue weighted by Gasteiger charge is 2.30. The molecule has 34 heavy (non-hydrogen) atoms. The van der Waals surface area contributed by atoms with Crippen LogP contribution in [0.2, 0.25) is 0 Å². The van der Waals surface area contributed by atoms with Gasteiger partial charge in [-0.05, 0) is 30.3 Å². The highest BCUT2D eigenvalue weighted by molar-refractivity contribution is 6.12. The zero-order chi connectivity index (χ0) is 25.0. The summed E-state index contributed by atoms with van der Waals surface area (Å²) < 4.78 is 38.7. The lowest BCUT2D eigenvalue weighted by Crippen LogP contribution is -2.18. The molecular formula is C21H13F3N4O6. The van der Waals surface area contributed by atoms with Crippen molar-refractivity contribution in [1.82, 2.24) is 0 Å². The number of halogens is 3. The minimum absolute atomic E-state index is 0.0777. The minimum atomic E-state index is -4.62. The third-order valence-corrected chi connectivity index (χ3v) is 4.45. The summed E-state index contributed by atoms with van der Waals surface area (Å²) in [6, 6.07) is 11.8. The van der Waals surface area contributed by atoms with Gasteiger partial charge < -0.3 is 10.6 Å². The summed E-state index contributed by atoms with van der Waals surface area (Å²) in [6.45, 7) is 0. The van der Waals surface area contributed by atoms with Crippen LogP contribution in [0.3, 0.4) is 0 Å². The Morgan fingerprint density at radius 1 is 0.765 bits per heavy atom. The van der Waals surface area contributed by atoms with Crippen molar-refractivity contribution in [3.63, 3.8) is 0 Å². The molecule has 0 fully saturated rings. The van der Waals surface area contributed by atoms with E-state index in [1.165, 1.54) is 30.3 Å². The van der Waals surface area contributed by atoms with Crippen molar-refractivity contribution in [2.75, 3.05) is 10.6 Å². The minimum Gasteiger partial charge on any atom is -0.322 e. The average molecular weight is 474 g/mol. The quantitative estimate of drug-likeness (QED) is 0.379. The second kappa shape index (κ2) is 9.36. The number of para-hydroxylation sites is 1. The molecular weight excluding hydrogens is 461 g/mol. The Morgan fingerprint density at radius 2 is 1.38 bits per heavy atom. The van der Waals surface area contributed by atoms with E-state index in [1.807, 2.05) is 0 Å². The van der Waals surface area contributed by atoms with Gasteiger partial charge >= 0.3 is 6.18 Å². The molecule has 0 heterocycles. The Morgan fingerprint density at radius 3 is 1.97 bits per heavy atom. The van der Waals surface area contributed by atoms with Crippen molar-refractivity contribution in [2.45, 2.75) is 6.18 Å². The van der Waals surface area contributed by atoms with Crippen molar-refractivity contribution in [3.8, 4) is 0 Å². The van der Waals surface area contributed by atoms with Crippen LogP contribution in [-0.4, -0.2) is 21.7 Å². The summed E-state index contributed by atoms with van der Waals surface area (Å²) in [5, 5.41) is 26.7. The number of nitro benzene ring substituents is 2. The maximum Gasteiger partial charge on any atom is 0.416 e. The van der Waals surface area contributed by atoms with Crippen LogP contribution in [0.15, 0.2) is 66.7 Å². The number of nitro groups is 2. The molecule has 2 N–H and O–H groups in total. The van der Waals surface area contributed by atoms with E-state index in [4.69, 9.17) is 0 Å². The van der Waals surface area contributed by atoms with Crippen molar-refractivity contribution < 1.29 is 32.6 Å². The van der Waals surface area contributed by atoms with Gasteiger partial charge in [0.1, 0.15) is 0 Å². The number of nitrogens with zero attached hydrogens (tertiary/aromatic N) is 2. The number of amides is 2. The molecule has 0 saturated heterocycles. The highest BCUT2D eigenvalue weighted by Crippen LogP contribution is 2.31. The molecule has 0 saturated carbocycles. The van der Waals surface area contributed by atoms with E-state index in [9.17, 15) is 43.0 Å². The Labute approximate surface area is 188 Å². The average Bonchev–Trinajstić information content (AvgIpc) is 2.78. The van der Waals surface area contributed by atoms with Gasteiger partial charge in [-0.1, -0.05) is 18.2 Å². The lowest BCUT2D eigenvalue weighted by Gasteiger charge is -2.13. The van der Waals surface area contributed by atoms with E-state index in [-0.39, 0.29) is 16.9 Å². The van der Waals surface area contributed by atoms with Crippen molar-refractivity contribution in [2.24, 2.45) is 0 Å². The second-order valence-electron chi connectivity index (χ2n) is 6.78. The third-order valence-electron chi connectivity index (χ3n) is 4.45. The number of non-ortho nitro benzene ring substituents is 2. The van der Waals surface area contributed by atoms with Crippen LogP contribution in [0.1, 0.15) is 26.3 Å². The van der Waals surface area contributed by atoms with Gasteiger partial charge in [-0.15, -0.1) is 0 Å². The fraction of sp³-hybridized carbons (Fsp3) is 0.0476. The standard InChI is InChI=1S/C21H13F3N4O6/c22-21(23,24)13-4-3-5-14(10-13)25-20(30)17-6-1-2-7-18(17)26-19(29)12-8-15(27(31)32)11-16(9-12)28(33)34/h1-11H,(H,25,30)(H,26,29). The van der Waals surface area contributed by atoms with Gasteiger partial charge in [0.25, 0.3) is 23.2 Å². The molecule has 0 atom stereocenters. The molecule has 2 amide bonds. The number of hydrogen-bond donors (Lipinski definition) is 2. The van der Waals surface area contributed by atoms with Crippen LogP contribution in [0.5, 0.6) is 0 Å². The third kappa shape index (κ3) is 5.51. The molecule has 0 spiro atoms. The first-order valence-electron chi connectivity index (χ1n) is 9.28. The topological polar surface area (TPSA) is 144 Å². The van der Waals surface area contributed by atoms with Gasteiger partial charge in [-0.3, -0.25) is 29.8 Å². The van der Waals surface area contributed by atoms with Crippen LogP contribution in [0.25, 0.3) is 0 Å². The number of alkyl halides is 3. The number of carbonyl (C=O) groups is 2. The molecule has 0 aliphatic rings.